The fourth-order valence-corrected chi connectivity index (χ4v) is 1.39. The van der Waals surface area contributed by atoms with Gasteiger partial charge in [-0.2, -0.15) is 0 Å². The molecule has 0 spiro atoms. The molecule has 10 heavy (non-hydrogen) atoms. The number of amides is 2. The highest BCUT2D eigenvalue weighted by molar-refractivity contribution is 5.95. The lowest BCUT2D eigenvalue weighted by atomic mass is 10.2. The molecule has 0 saturated carbocycles. The standard InChI is InChI=1S/C6H7NO3/c8-5-2-1-4-3-10-6(9)7(4)5/h4H,1-3H2. The van der Waals surface area contributed by atoms with Crippen molar-refractivity contribution in [2.75, 3.05) is 6.61 Å². The molecule has 1 unspecified atom stereocenters. The molecule has 2 amide bonds. The average molecular weight is 141 g/mol. The Morgan fingerprint density at radius 2 is 2.30 bits per heavy atom. The van der Waals surface area contributed by atoms with Crippen molar-refractivity contribution in [1.82, 2.24) is 4.90 Å². The number of carbonyl (C=O) groups excluding carboxylic acids is 2. The predicted molar refractivity (Wildman–Crippen MR) is 31.2 cm³/mol. The zero-order chi connectivity index (χ0) is 7.14. The molecule has 2 aliphatic heterocycles. The quantitative estimate of drug-likeness (QED) is 0.481. The van der Waals surface area contributed by atoms with Crippen LogP contribution in [0.25, 0.3) is 0 Å². The molecule has 0 bridgehead atoms. The average Bonchev–Trinajstić information content (AvgIpc) is 2.40. The van der Waals surface area contributed by atoms with Gasteiger partial charge in [-0.3, -0.25) is 4.79 Å². The zero-order valence-electron chi connectivity index (χ0n) is 5.37. The number of fused-ring (bicyclic) bond motifs is 1. The van der Waals surface area contributed by atoms with Crippen molar-refractivity contribution in [3.05, 3.63) is 0 Å². The van der Waals surface area contributed by atoms with E-state index >= 15 is 0 Å². The fourth-order valence-electron chi connectivity index (χ4n) is 1.39. The molecule has 0 aromatic rings. The molecule has 2 rings (SSSR count). The molecule has 4 heteroatoms. The molecule has 2 aliphatic rings. The second-order valence-electron chi connectivity index (χ2n) is 2.53. The zero-order valence-corrected chi connectivity index (χ0v) is 5.37. The molecular weight excluding hydrogens is 134 g/mol. The number of imide groups is 1. The minimum absolute atomic E-state index is 0.0417. The minimum Gasteiger partial charge on any atom is -0.447 e. The first-order valence-electron chi connectivity index (χ1n) is 3.28. The summed E-state index contributed by atoms with van der Waals surface area (Å²) in [6, 6.07) is 0.0417. The first kappa shape index (κ1) is 5.70. The molecule has 54 valence electrons. The predicted octanol–water partition coefficient (Wildman–Crippen LogP) is 0.128. The number of nitrogens with zero attached hydrogens (tertiary/aromatic N) is 1. The summed E-state index contributed by atoms with van der Waals surface area (Å²) in [5.41, 5.74) is 0. The van der Waals surface area contributed by atoms with Gasteiger partial charge < -0.3 is 4.74 Å². The Morgan fingerprint density at radius 3 is 3.00 bits per heavy atom. The van der Waals surface area contributed by atoms with Crippen molar-refractivity contribution >= 4 is 12.0 Å². The largest absolute Gasteiger partial charge is 0.447 e. The van der Waals surface area contributed by atoms with E-state index in [2.05, 4.69) is 4.74 Å². The summed E-state index contributed by atoms with van der Waals surface area (Å²) in [7, 11) is 0. The Balaban J connectivity index is 2.26. The summed E-state index contributed by atoms with van der Waals surface area (Å²) in [4.78, 5) is 22.9. The maximum absolute atomic E-state index is 10.9. The van der Waals surface area contributed by atoms with Crippen LogP contribution in [0.5, 0.6) is 0 Å². The van der Waals surface area contributed by atoms with E-state index in [4.69, 9.17) is 0 Å². The van der Waals surface area contributed by atoms with Gasteiger partial charge in [0.05, 0.1) is 6.04 Å². The number of hydrogen-bond donors (Lipinski definition) is 0. The van der Waals surface area contributed by atoms with Gasteiger partial charge >= 0.3 is 6.09 Å². The smallest absolute Gasteiger partial charge is 0.416 e. The van der Waals surface area contributed by atoms with Gasteiger partial charge in [-0.25, -0.2) is 9.69 Å². The molecule has 2 heterocycles. The van der Waals surface area contributed by atoms with E-state index in [1.807, 2.05) is 0 Å². The highest BCUT2D eigenvalue weighted by Gasteiger charge is 2.42. The van der Waals surface area contributed by atoms with E-state index in [-0.39, 0.29) is 11.9 Å². The highest BCUT2D eigenvalue weighted by atomic mass is 16.6. The van der Waals surface area contributed by atoms with Crippen molar-refractivity contribution in [2.24, 2.45) is 0 Å². The van der Waals surface area contributed by atoms with Gasteiger partial charge in [0.1, 0.15) is 6.61 Å². The number of ether oxygens (including phenoxy) is 1. The summed E-state index contributed by atoms with van der Waals surface area (Å²) in [6.07, 6.45) is 0.803. The van der Waals surface area contributed by atoms with Gasteiger partial charge in [0.15, 0.2) is 0 Å². The maximum atomic E-state index is 10.9. The van der Waals surface area contributed by atoms with Crippen molar-refractivity contribution in [3.63, 3.8) is 0 Å². The van der Waals surface area contributed by atoms with Crippen LogP contribution in [0.15, 0.2) is 0 Å². The van der Waals surface area contributed by atoms with Gasteiger partial charge in [-0.05, 0) is 6.42 Å². The maximum Gasteiger partial charge on any atom is 0.416 e. The van der Waals surface area contributed by atoms with Crippen LogP contribution >= 0.6 is 0 Å². The Bertz CT molecular complexity index is 181. The van der Waals surface area contributed by atoms with Gasteiger partial charge in [0.25, 0.3) is 0 Å². The third kappa shape index (κ3) is 0.558. The van der Waals surface area contributed by atoms with Gasteiger partial charge in [-0.1, -0.05) is 0 Å². The Hall–Kier alpha value is -1.06. The third-order valence-corrected chi connectivity index (χ3v) is 1.92. The van der Waals surface area contributed by atoms with E-state index in [1.54, 1.807) is 0 Å². The van der Waals surface area contributed by atoms with Crippen molar-refractivity contribution < 1.29 is 14.3 Å². The molecule has 4 nitrogen and oxygen atoms in total. The summed E-state index contributed by atoms with van der Waals surface area (Å²) < 4.78 is 4.66. The second-order valence-corrected chi connectivity index (χ2v) is 2.53. The van der Waals surface area contributed by atoms with Crippen LogP contribution in [0.1, 0.15) is 12.8 Å². The normalized spacial score (nSPS) is 30.8. The van der Waals surface area contributed by atoms with Crippen molar-refractivity contribution in [3.8, 4) is 0 Å². The number of hydrogen-bond acceptors (Lipinski definition) is 3. The minimum atomic E-state index is -0.465. The molecule has 0 aliphatic carbocycles. The van der Waals surface area contributed by atoms with Crippen LogP contribution in [0, 0.1) is 0 Å². The highest BCUT2D eigenvalue weighted by Crippen LogP contribution is 2.24. The van der Waals surface area contributed by atoms with Crippen molar-refractivity contribution in [2.45, 2.75) is 18.9 Å². The summed E-state index contributed by atoms with van der Waals surface area (Å²) in [6.45, 7) is 0.393. The van der Waals surface area contributed by atoms with Crippen LogP contribution in [-0.4, -0.2) is 29.5 Å². The molecule has 2 saturated heterocycles. The number of carbonyl (C=O) groups is 2. The summed E-state index contributed by atoms with van der Waals surface area (Å²) in [5.74, 6) is -0.0903. The molecule has 1 atom stereocenters. The Morgan fingerprint density at radius 1 is 1.50 bits per heavy atom. The number of rotatable bonds is 0. The Kier molecular flexibility index (Phi) is 0.977. The summed E-state index contributed by atoms with van der Waals surface area (Å²) in [5, 5.41) is 0. The van der Waals surface area contributed by atoms with E-state index in [1.165, 1.54) is 4.90 Å². The van der Waals surface area contributed by atoms with Gasteiger partial charge in [0.2, 0.25) is 5.91 Å². The lowest BCUT2D eigenvalue weighted by Gasteiger charge is -2.06. The lowest BCUT2D eigenvalue weighted by Crippen LogP contribution is -2.30. The topological polar surface area (TPSA) is 46.6 Å². The van der Waals surface area contributed by atoms with E-state index < -0.39 is 6.09 Å². The SMILES string of the molecule is O=C1CCC2COC(=O)N12. The van der Waals surface area contributed by atoms with E-state index in [0.29, 0.717) is 13.0 Å². The van der Waals surface area contributed by atoms with Crippen LogP contribution in [-0.2, 0) is 9.53 Å². The van der Waals surface area contributed by atoms with Crippen molar-refractivity contribution in [1.29, 1.82) is 0 Å². The Labute approximate surface area is 57.7 Å². The lowest BCUT2D eigenvalue weighted by molar-refractivity contribution is -0.125. The van der Waals surface area contributed by atoms with Gasteiger partial charge in [-0.15, -0.1) is 0 Å². The summed E-state index contributed by atoms with van der Waals surface area (Å²) >= 11 is 0. The molecule has 2 fully saturated rings. The van der Waals surface area contributed by atoms with Crippen LogP contribution < -0.4 is 0 Å². The first-order valence-corrected chi connectivity index (χ1v) is 3.28. The molecule has 0 aromatic heterocycles. The molecule has 0 radical (unpaired) electrons. The van der Waals surface area contributed by atoms with Crippen LogP contribution in [0.2, 0.25) is 0 Å². The molecular formula is C6H7NO3. The molecule has 0 aromatic carbocycles. The van der Waals surface area contributed by atoms with Crippen LogP contribution in [0.3, 0.4) is 0 Å². The van der Waals surface area contributed by atoms with Gasteiger partial charge in [0, 0.05) is 6.42 Å². The van der Waals surface area contributed by atoms with E-state index in [9.17, 15) is 9.59 Å². The fraction of sp³-hybridized carbons (Fsp3) is 0.667. The third-order valence-electron chi connectivity index (χ3n) is 1.92. The monoisotopic (exact) mass is 141 g/mol. The molecule has 0 N–H and O–H groups in total. The second kappa shape index (κ2) is 1.71. The van der Waals surface area contributed by atoms with Crippen LogP contribution in [0.4, 0.5) is 4.79 Å². The van der Waals surface area contributed by atoms with E-state index in [0.717, 1.165) is 6.42 Å². The number of cyclic esters (lactones) is 1. The first-order chi connectivity index (χ1) is 4.79.